The number of nitrogens with zero attached hydrogens (tertiary/aromatic N) is 4. The van der Waals surface area contributed by atoms with Gasteiger partial charge in [0.15, 0.2) is 28.5 Å². The van der Waals surface area contributed by atoms with Crippen molar-refractivity contribution in [3.63, 3.8) is 0 Å². The number of aliphatic hydroxyl groups is 1. The van der Waals surface area contributed by atoms with Crippen LogP contribution >= 0.6 is 0 Å². The number of carbonyl (C=O) groups excluding carboxylic acids is 1. The number of rotatable bonds is 4. The molecule has 4 aromatic rings. The molecule has 0 saturated heterocycles. The Balaban J connectivity index is 1.72. The molecule has 3 N–H and O–H groups in total. The van der Waals surface area contributed by atoms with Gasteiger partial charge < -0.3 is 19.9 Å². The number of imidazole rings is 1. The number of benzene rings is 1. The standard InChI is InChI=1S/C17H13N5O4/c23-7-12-11(24)6-13(26-12)22-9-20-14-15(18-8-19-16(14)22)21-17(25)10-4-2-1-3-5-10/h1-6,8-9,23-24H,7H2,(H,18,19,21,25). The van der Waals surface area contributed by atoms with Crippen LogP contribution in [-0.4, -0.2) is 35.6 Å². The maximum absolute atomic E-state index is 12.3. The number of hydrogen-bond donors (Lipinski definition) is 3. The summed E-state index contributed by atoms with van der Waals surface area (Å²) in [7, 11) is 0. The third-order valence-electron chi connectivity index (χ3n) is 3.76. The lowest BCUT2D eigenvalue weighted by Gasteiger charge is -2.05. The van der Waals surface area contributed by atoms with Crippen LogP contribution in [0.3, 0.4) is 0 Å². The first-order valence-corrected chi connectivity index (χ1v) is 7.64. The number of aromatic nitrogens is 4. The fraction of sp³-hybridized carbons (Fsp3) is 0.0588. The Morgan fingerprint density at radius 3 is 2.73 bits per heavy atom. The number of furan rings is 1. The number of hydrogen-bond acceptors (Lipinski definition) is 7. The van der Waals surface area contributed by atoms with Gasteiger partial charge in [0, 0.05) is 11.6 Å². The molecule has 0 atom stereocenters. The van der Waals surface area contributed by atoms with E-state index in [0.717, 1.165) is 0 Å². The molecule has 9 heteroatoms. The molecule has 0 spiro atoms. The van der Waals surface area contributed by atoms with Crippen molar-refractivity contribution in [1.82, 2.24) is 19.5 Å². The number of nitrogens with one attached hydrogen (secondary N) is 1. The fourth-order valence-electron chi connectivity index (χ4n) is 2.49. The maximum atomic E-state index is 12.3. The van der Waals surface area contributed by atoms with Crippen molar-refractivity contribution in [1.29, 1.82) is 0 Å². The molecule has 0 radical (unpaired) electrons. The van der Waals surface area contributed by atoms with Crippen LogP contribution in [0, 0.1) is 0 Å². The van der Waals surface area contributed by atoms with Crippen LogP contribution in [0.1, 0.15) is 16.1 Å². The molecule has 1 aromatic carbocycles. The third-order valence-corrected chi connectivity index (χ3v) is 3.76. The van der Waals surface area contributed by atoms with Crippen LogP contribution in [-0.2, 0) is 6.61 Å². The van der Waals surface area contributed by atoms with Crippen LogP contribution in [0.4, 0.5) is 5.82 Å². The van der Waals surface area contributed by atoms with Gasteiger partial charge in [0.2, 0.25) is 5.88 Å². The second-order valence-electron chi connectivity index (χ2n) is 5.38. The van der Waals surface area contributed by atoms with E-state index in [1.54, 1.807) is 24.3 Å². The minimum absolute atomic E-state index is 0.0357. The average Bonchev–Trinajstić information content (AvgIpc) is 3.26. The molecule has 130 valence electrons. The van der Waals surface area contributed by atoms with E-state index < -0.39 is 6.61 Å². The number of carbonyl (C=O) groups is 1. The van der Waals surface area contributed by atoms with Gasteiger partial charge in [0.1, 0.15) is 19.3 Å². The molecular weight excluding hydrogens is 338 g/mol. The quantitative estimate of drug-likeness (QED) is 0.512. The van der Waals surface area contributed by atoms with Gasteiger partial charge in [-0.2, -0.15) is 0 Å². The molecule has 0 fully saturated rings. The van der Waals surface area contributed by atoms with E-state index in [1.165, 1.54) is 23.3 Å². The zero-order valence-corrected chi connectivity index (χ0v) is 13.3. The van der Waals surface area contributed by atoms with Crippen LogP contribution in [0.15, 0.2) is 53.5 Å². The van der Waals surface area contributed by atoms with Crippen molar-refractivity contribution in [3.05, 3.63) is 60.4 Å². The van der Waals surface area contributed by atoms with Gasteiger partial charge in [-0.3, -0.25) is 9.36 Å². The lowest BCUT2D eigenvalue weighted by Crippen LogP contribution is -2.13. The number of anilines is 1. The van der Waals surface area contributed by atoms with Crippen LogP contribution in [0.5, 0.6) is 5.75 Å². The number of aromatic hydroxyl groups is 1. The monoisotopic (exact) mass is 351 g/mol. The number of fused-ring (bicyclic) bond motifs is 1. The summed E-state index contributed by atoms with van der Waals surface area (Å²) in [6, 6.07) is 10.1. The number of amides is 1. The van der Waals surface area contributed by atoms with Crippen molar-refractivity contribution in [3.8, 4) is 11.6 Å². The Bertz CT molecular complexity index is 1090. The van der Waals surface area contributed by atoms with Gasteiger partial charge in [-0.05, 0) is 12.1 Å². The van der Waals surface area contributed by atoms with Crippen LogP contribution < -0.4 is 5.32 Å². The fourth-order valence-corrected chi connectivity index (χ4v) is 2.49. The average molecular weight is 351 g/mol. The summed E-state index contributed by atoms with van der Waals surface area (Å²) in [5, 5.41) is 21.6. The lowest BCUT2D eigenvalue weighted by molar-refractivity contribution is 0.102. The molecule has 0 aliphatic rings. The van der Waals surface area contributed by atoms with Gasteiger partial charge in [-0.15, -0.1) is 0 Å². The zero-order valence-electron chi connectivity index (χ0n) is 13.3. The SMILES string of the molecule is O=C(Nc1ncnc2c1ncn2-c1cc(O)c(CO)o1)c1ccccc1. The predicted octanol–water partition coefficient (Wildman–Crippen LogP) is 1.86. The minimum Gasteiger partial charge on any atom is -0.504 e. The first kappa shape index (κ1) is 15.8. The van der Waals surface area contributed by atoms with E-state index in [-0.39, 0.29) is 29.1 Å². The summed E-state index contributed by atoms with van der Waals surface area (Å²) in [5.74, 6) is 0.0247. The van der Waals surface area contributed by atoms with E-state index in [2.05, 4.69) is 20.3 Å². The molecule has 4 rings (SSSR count). The van der Waals surface area contributed by atoms with E-state index in [1.807, 2.05) is 6.07 Å². The molecule has 0 unspecified atom stereocenters. The first-order chi connectivity index (χ1) is 12.7. The second kappa shape index (κ2) is 6.30. The van der Waals surface area contributed by atoms with E-state index in [4.69, 9.17) is 9.52 Å². The van der Waals surface area contributed by atoms with Crippen molar-refractivity contribution in [2.75, 3.05) is 5.32 Å². The molecule has 9 nitrogen and oxygen atoms in total. The molecule has 3 aromatic heterocycles. The molecular formula is C17H13N5O4. The molecule has 3 heterocycles. The highest BCUT2D eigenvalue weighted by Crippen LogP contribution is 2.28. The summed E-state index contributed by atoms with van der Waals surface area (Å²) in [4.78, 5) is 24.8. The summed E-state index contributed by atoms with van der Waals surface area (Å²) >= 11 is 0. The van der Waals surface area contributed by atoms with Gasteiger partial charge in [-0.25, -0.2) is 15.0 Å². The van der Waals surface area contributed by atoms with Gasteiger partial charge >= 0.3 is 0 Å². The Morgan fingerprint density at radius 2 is 2.00 bits per heavy atom. The summed E-state index contributed by atoms with van der Waals surface area (Å²) in [5.41, 5.74) is 1.22. The molecule has 1 amide bonds. The van der Waals surface area contributed by atoms with E-state index in [0.29, 0.717) is 16.7 Å². The highest BCUT2D eigenvalue weighted by molar-refractivity contribution is 6.06. The van der Waals surface area contributed by atoms with Crippen molar-refractivity contribution in [2.45, 2.75) is 6.61 Å². The Morgan fingerprint density at radius 1 is 1.19 bits per heavy atom. The van der Waals surface area contributed by atoms with Crippen LogP contribution in [0.25, 0.3) is 17.0 Å². The van der Waals surface area contributed by atoms with E-state index >= 15 is 0 Å². The zero-order chi connectivity index (χ0) is 18.1. The smallest absolute Gasteiger partial charge is 0.256 e. The normalized spacial score (nSPS) is 11.0. The minimum atomic E-state index is -0.439. The first-order valence-electron chi connectivity index (χ1n) is 7.64. The predicted molar refractivity (Wildman–Crippen MR) is 90.9 cm³/mol. The highest BCUT2D eigenvalue weighted by atomic mass is 16.4. The van der Waals surface area contributed by atoms with E-state index in [9.17, 15) is 9.90 Å². The Kier molecular flexibility index (Phi) is 3.82. The number of aliphatic hydroxyl groups excluding tert-OH is 1. The molecule has 0 aliphatic carbocycles. The van der Waals surface area contributed by atoms with Gasteiger partial charge in [0.25, 0.3) is 5.91 Å². The Labute approximate surface area is 146 Å². The molecule has 0 bridgehead atoms. The summed E-state index contributed by atoms with van der Waals surface area (Å²) in [6.07, 6.45) is 2.72. The Hall–Kier alpha value is -3.72. The van der Waals surface area contributed by atoms with Crippen LogP contribution in [0.2, 0.25) is 0 Å². The molecule has 0 aliphatic heterocycles. The highest BCUT2D eigenvalue weighted by Gasteiger charge is 2.17. The topological polar surface area (TPSA) is 126 Å². The van der Waals surface area contributed by atoms with Crippen molar-refractivity contribution >= 4 is 22.9 Å². The van der Waals surface area contributed by atoms with Crippen molar-refractivity contribution < 1.29 is 19.4 Å². The largest absolute Gasteiger partial charge is 0.504 e. The van der Waals surface area contributed by atoms with Crippen molar-refractivity contribution in [2.24, 2.45) is 0 Å². The molecule has 26 heavy (non-hydrogen) atoms. The maximum Gasteiger partial charge on any atom is 0.256 e. The second-order valence-corrected chi connectivity index (χ2v) is 5.38. The van der Waals surface area contributed by atoms with Gasteiger partial charge in [0.05, 0.1) is 0 Å². The summed E-state index contributed by atoms with van der Waals surface area (Å²) < 4.78 is 6.86. The summed E-state index contributed by atoms with van der Waals surface area (Å²) in [6.45, 7) is -0.439. The van der Waals surface area contributed by atoms with Gasteiger partial charge in [-0.1, -0.05) is 18.2 Å². The molecule has 0 saturated carbocycles. The lowest BCUT2D eigenvalue weighted by atomic mass is 10.2. The third kappa shape index (κ3) is 2.66.